The van der Waals surface area contributed by atoms with Crippen LogP contribution in [-0.2, 0) is 41.9 Å². The summed E-state index contributed by atoms with van der Waals surface area (Å²) in [6, 6.07) is 17.8. The lowest BCUT2D eigenvalue weighted by atomic mass is 9.95. The van der Waals surface area contributed by atoms with Crippen LogP contribution < -0.4 is 16.0 Å². The van der Waals surface area contributed by atoms with Gasteiger partial charge in [-0.05, 0) is 49.7 Å². The number of nitrogens with zero attached hydrogens (tertiary/aromatic N) is 3. The number of benzene rings is 2. The summed E-state index contributed by atoms with van der Waals surface area (Å²) in [7, 11) is 1.65. The van der Waals surface area contributed by atoms with Crippen molar-refractivity contribution < 1.29 is 24.2 Å². The van der Waals surface area contributed by atoms with E-state index in [2.05, 4.69) is 25.9 Å². The van der Waals surface area contributed by atoms with Crippen LogP contribution in [0.15, 0.2) is 77.8 Å². The van der Waals surface area contributed by atoms with Crippen LogP contribution in [0.4, 0.5) is 9.59 Å². The minimum Gasteiger partial charge on any atom is -0.444 e. The number of ether oxygens (including phenoxy) is 1. The van der Waals surface area contributed by atoms with Gasteiger partial charge in [0.15, 0.2) is 0 Å². The number of nitrogens with one attached hydrogen (secondary N) is 3. The molecule has 2 aromatic carbocycles. The summed E-state index contributed by atoms with van der Waals surface area (Å²) in [5.41, 5.74) is 4.57. The van der Waals surface area contributed by atoms with E-state index in [0.717, 1.165) is 33.1 Å². The first-order valence-electron chi connectivity index (χ1n) is 16.1. The van der Waals surface area contributed by atoms with E-state index < -0.39 is 18.2 Å². The summed E-state index contributed by atoms with van der Waals surface area (Å²) in [5, 5.41) is 21.6. The number of aliphatic hydroxyl groups is 1. The van der Waals surface area contributed by atoms with Gasteiger partial charge in [-0.15, -0.1) is 22.7 Å². The Morgan fingerprint density at radius 2 is 1.54 bits per heavy atom. The number of hydrogen-bond acceptors (Lipinski definition) is 9. The van der Waals surface area contributed by atoms with Crippen LogP contribution in [0, 0.1) is 0 Å². The Hall–Kier alpha value is -4.33. The zero-order chi connectivity index (χ0) is 34.1. The number of rotatable bonds is 18. The van der Waals surface area contributed by atoms with Gasteiger partial charge in [0.05, 0.1) is 27.6 Å². The van der Waals surface area contributed by atoms with Gasteiger partial charge in [-0.2, -0.15) is 0 Å². The van der Waals surface area contributed by atoms with Gasteiger partial charge in [0.2, 0.25) is 5.91 Å². The molecule has 13 heteroatoms. The van der Waals surface area contributed by atoms with Crippen molar-refractivity contribution >= 4 is 40.7 Å². The van der Waals surface area contributed by atoms with Gasteiger partial charge in [-0.1, -0.05) is 67.6 Å². The molecule has 4 aromatic rings. The second-order valence-corrected chi connectivity index (χ2v) is 13.4. The van der Waals surface area contributed by atoms with Crippen molar-refractivity contribution in [2.45, 2.75) is 76.7 Å². The molecule has 2 aromatic heterocycles. The molecule has 256 valence electrons. The lowest BCUT2D eigenvalue weighted by molar-refractivity contribution is -0.124. The first kappa shape index (κ1) is 36.5. The average Bonchev–Trinajstić information content (AvgIpc) is 3.79. The van der Waals surface area contributed by atoms with Gasteiger partial charge >= 0.3 is 12.1 Å². The zero-order valence-corrected chi connectivity index (χ0v) is 29.0. The molecule has 0 saturated carbocycles. The molecule has 0 radical (unpaired) electrons. The number of hydrogen-bond donors (Lipinski definition) is 4. The normalized spacial score (nSPS) is 12.8. The Labute approximate surface area is 289 Å². The molecule has 0 aliphatic rings. The van der Waals surface area contributed by atoms with Crippen molar-refractivity contribution in [3.8, 4) is 0 Å². The van der Waals surface area contributed by atoms with Gasteiger partial charge < -0.3 is 30.7 Å². The van der Waals surface area contributed by atoms with Gasteiger partial charge in [0, 0.05) is 37.3 Å². The fraction of sp³-hybridized carbons (Fsp3) is 0.400. The van der Waals surface area contributed by atoms with Gasteiger partial charge in [-0.3, -0.25) is 9.78 Å². The highest BCUT2D eigenvalue weighted by molar-refractivity contribution is 7.09. The van der Waals surface area contributed by atoms with Crippen LogP contribution in [-0.4, -0.2) is 69.8 Å². The Kier molecular flexibility index (Phi) is 14.8. The average molecular weight is 693 g/mol. The molecule has 4 N–H and O–H groups in total. The number of carbonyl (C=O) groups is 3. The molecule has 0 aliphatic carbocycles. The van der Waals surface area contributed by atoms with Crippen molar-refractivity contribution in [3.63, 3.8) is 0 Å². The predicted molar refractivity (Wildman–Crippen MR) is 188 cm³/mol. The molecule has 48 heavy (non-hydrogen) atoms. The fourth-order valence-corrected chi connectivity index (χ4v) is 6.41. The van der Waals surface area contributed by atoms with E-state index in [0.29, 0.717) is 32.2 Å². The highest BCUT2D eigenvalue weighted by atomic mass is 32.1. The number of alkyl carbamates (subject to hydrolysis) is 1. The Morgan fingerprint density at radius 1 is 0.896 bits per heavy atom. The smallest absolute Gasteiger partial charge is 0.407 e. The fourth-order valence-electron chi connectivity index (χ4n) is 5.17. The van der Waals surface area contributed by atoms with Crippen LogP contribution >= 0.6 is 22.7 Å². The van der Waals surface area contributed by atoms with Crippen LogP contribution in [0.5, 0.6) is 0 Å². The van der Waals surface area contributed by atoms with Crippen molar-refractivity contribution in [1.29, 1.82) is 0 Å². The summed E-state index contributed by atoms with van der Waals surface area (Å²) in [6.45, 7) is 2.19. The standard InChI is InChI=1S/C35H44N6O5S2/c1-3-32-37-29(23-47-32)21-41(2)34(44)40-31(16-17-42)33(43)38-27(18-25-10-6-4-7-11-25)14-15-28(19-26-12-8-5-9-13-26)39-35(45)46-22-30-20-36-24-48-30/h4-13,20,23-24,27-28,31,42H,3,14-19,21-22H2,1-2H3,(H,38,43)(H,39,45)(H,40,44). The summed E-state index contributed by atoms with van der Waals surface area (Å²) in [5.74, 6) is -0.384. The molecular weight excluding hydrogens is 649 g/mol. The molecule has 4 rings (SSSR count). The molecule has 0 bridgehead atoms. The van der Waals surface area contributed by atoms with Crippen LogP contribution in [0.1, 0.15) is 52.9 Å². The maximum Gasteiger partial charge on any atom is 0.407 e. The minimum absolute atomic E-state index is 0.0595. The van der Waals surface area contributed by atoms with Crippen molar-refractivity contribution in [2.75, 3.05) is 13.7 Å². The third kappa shape index (κ3) is 12.4. The summed E-state index contributed by atoms with van der Waals surface area (Å²) < 4.78 is 5.46. The molecule has 0 aliphatic heterocycles. The molecule has 11 nitrogen and oxygen atoms in total. The van der Waals surface area contributed by atoms with E-state index in [1.807, 2.05) is 73.0 Å². The quantitative estimate of drug-likeness (QED) is 0.114. The zero-order valence-electron chi connectivity index (χ0n) is 27.3. The molecule has 3 atom stereocenters. The van der Waals surface area contributed by atoms with Gasteiger partial charge in [0.25, 0.3) is 0 Å². The first-order valence-corrected chi connectivity index (χ1v) is 17.8. The second kappa shape index (κ2) is 19.5. The maximum atomic E-state index is 13.6. The van der Waals surface area contributed by atoms with Crippen molar-refractivity contribution in [2.24, 2.45) is 0 Å². The summed E-state index contributed by atoms with van der Waals surface area (Å²) in [6.07, 6.45) is 4.25. The lowest BCUT2D eigenvalue weighted by Crippen LogP contribution is -2.53. The van der Waals surface area contributed by atoms with E-state index in [9.17, 15) is 19.5 Å². The van der Waals surface area contributed by atoms with E-state index in [-0.39, 0.29) is 37.6 Å². The molecule has 2 heterocycles. The summed E-state index contributed by atoms with van der Waals surface area (Å²) in [4.78, 5) is 50.4. The van der Waals surface area contributed by atoms with E-state index in [1.54, 1.807) is 30.1 Å². The third-order valence-electron chi connectivity index (χ3n) is 7.69. The minimum atomic E-state index is -0.940. The molecule has 0 spiro atoms. The largest absolute Gasteiger partial charge is 0.444 e. The van der Waals surface area contributed by atoms with E-state index in [1.165, 1.54) is 16.2 Å². The number of thiazole rings is 2. The third-order valence-corrected chi connectivity index (χ3v) is 9.49. The Morgan fingerprint density at radius 3 is 2.10 bits per heavy atom. The molecule has 3 unspecified atom stereocenters. The van der Waals surface area contributed by atoms with E-state index in [4.69, 9.17) is 4.74 Å². The Bertz CT molecular complexity index is 1540. The van der Waals surface area contributed by atoms with Crippen LogP contribution in [0.2, 0.25) is 0 Å². The second-order valence-electron chi connectivity index (χ2n) is 11.5. The first-order chi connectivity index (χ1) is 23.3. The lowest BCUT2D eigenvalue weighted by Gasteiger charge is -2.27. The van der Waals surface area contributed by atoms with Crippen LogP contribution in [0.3, 0.4) is 0 Å². The monoisotopic (exact) mass is 692 g/mol. The molecular formula is C35H44N6O5S2. The maximum absolute atomic E-state index is 13.6. The number of aryl methyl sites for hydroxylation is 1. The number of urea groups is 1. The number of aliphatic hydroxyl groups excluding tert-OH is 1. The molecule has 0 fully saturated rings. The topological polar surface area (TPSA) is 146 Å². The highest BCUT2D eigenvalue weighted by Gasteiger charge is 2.26. The summed E-state index contributed by atoms with van der Waals surface area (Å²) >= 11 is 2.97. The van der Waals surface area contributed by atoms with Crippen molar-refractivity contribution in [3.05, 3.63) is 104 Å². The number of carbonyl (C=O) groups excluding carboxylic acids is 3. The molecule has 4 amide bonds. The van der Waals surface area contributed by atoms with Gasteiger partial charge in [-0.25, -0.2) is 14.6 Å². The predicted octanol–water partition coefficient (Wildman–Crippen LogP) is 5.10. The number of amides is 4. The van der Waals surface area contributed by atoms with E-state index >= 15 is 0 Å². The number of aromatic nitrogens is 2. The SMILES string of the molecule is CCc1nc(CN(C)C(=O)NC(CCO)C(=O)NC(CCC(Cc2ccccc2)NC(=O)OCc2cncs2)Cc2ccccc2)cs1. The van der Waals surface area contributed by atoms with Gasteiger partial charge in [0.1, 0.15) is 12.6 Å². The Balaban J connectivity index is 1.42. The van der Waals surface area contributed by atoms with Crippen molar-refractivity contribution in [1.82, 2.24) is 30.8 Å². The highest BCUT2D eigenvalue weighted by Crippen LogP contribution is 2.15. The van der Waals surface area contributed by atoms with Crippen LogP contribution in [0.25, 0.3) is 0 Å². The molecule has 0 saturated heterocycles.